The van der Waals surface area contributed by atoms with Crippen LogP contribution < -0.4 is 5.73 Å². The lowest BCUT2D eigenvalue weighted by molar-refractivity contribution is -0.135. The Morgan fingerprint density at radius 1 is 1.14 bits per heavy atom. The molecule has 2 unspecified atom stereocenters. The van der Waals surface area contributed by atoms with E-state index in [0.29, 0.717) is 31.2 Å². The second-order valence-electron chi connectivity index (χ2n) is 7.26. The van der Waals surface area contributed by atoms with Gasteiger partial charge in [0.1, 0.15) is 0 Å². The van der Waals surface area contributed by atoms with Crippen LogP contribution in [0.1, 0.15) is 58.8 Å². The van der Waals surface area contributed by atoms with Crippen molar-refractivity contribution in [3.63, 3.8) is 0 Å². The molecule has 0 radical (unpaired) electrons. The van der Waals surface area contributed by atoms with Gasteiger partial charge in [-0.25, -0.2) is 0 Å². The number of amides is 1. The summed E-state index contributed by atoms with van der Waals surface area (Å²) in [6.07, 6.45) is 8.41. The second-order valence-corrected chi connectivity index (χ2v) is 7.26. The molecule has 0 aromatic carbocycles. The molecule has 0 aromatic rings. The Kier molecular flexibility index (Phi) is 6.06. The summed E-state index contributed by atoms with van der Waals surface area (Å²) < 4.78 is 0. The molecule has 1 aliphatic heterocycles. The largest absolute Gasteiger partial charge is 0.342 e. The molecule has 2 aliphatic rings. The van der Waals surface area contributed by atoms with Gasteiger partial charge in [-0.3, -0.25) is 9.69 Å². The fourth-order valence-electron chi connectivity index (χ4n) is 3.98. The third kappa shape index (κ3) is 4.19. The van der Waals surface area contributed by atoms with E-state index in [1.54, 1.807) is 0 Å². The highest BCUT2D eigenvalue weighted by Gasteiger charge is 2.31. The summed E-state index contributed by atoms with van der Waals surface area (Å²) >= 11 is 0. The SMILES string of the molecule is CC1CCC(N(C)C(=O)CN2C(C)CCCC2CN)CC1. The highest BCUT2D eigenvalue weighted by Crippen LogP contribution is 2.27. The number of carbonyl (C=O) groups is 1. The molecule has 1 aliphatic carbocycles. The van der Waals surface area contributed by atoms with E-state index in [1.807, 2.05) is 11.9 Å². The van der Waals surface area contributed by atoms with Crippen molar-refractivity contribution in [2.24, 2.45) is 11.7 Å². The first kappa shape index (κ1) is 16.8. The maximum Gasteiger partial charge on any atom is 0.236 e. The Morgan fingerprint density at radius 2 is 1.81 bits per heavy atom. The van der Waals surface area contributed by atoms with Gasteiger partial charge in [-0.05, 0) is 51.4 Å². The van der Waals surface area contributed by atoms with Crippen molar-refractivity contribution in [2.45, 2.75) is 76.9 Å². The van der Waals surface area contributed by atoms with Crippen LogP contribution in [0, 0.1) is 5.92 Å². The average molecular weight is 295 g/mol. The molecule has 122 valence electrons. The second kappa shape index (κ2) is 7.59. The molecule has 2 atom stereocenters. The van der Waals surface area contributed by atoms with Crippen LogP contribution in [0.15, 0.2) is 0 Å². The predicted molar refractivity (Wildman–Crippen MR) is 87.1 cm³/mol. The molecule has 1 amide bonds. The predicted octanol–water partition coefficient (Wildman–Crippen LogP) is 2.23. The lowest BCUT2D eigenvalue weighted by Crippen LogP contribution is -2.53. The smallest absolute Gasteiger partial charge is 0.236 e. The minimum Gasteiger partial charge on any atom is -0.342 e. The molecule has 0 spiro atoms. The molecular formula is C17H33N3O. The van der Waals surface area contributed by atoms with Crippen molar-refractivity contribution in [2.75, 3.05) is 20.1 Å². The fraction of sp³-hybridized carbons (Fsp3) is 0.941. The molecule has 2 fully saturated rings. The first-order valence-corrected chi connectivity index (χ1v) is 8.74. The Labute approximate surface area is 130 Å². The Balaban J connectivity index is 1.89. The lowest BCUT2D eigenvalue weighted by atomic mass is 9.86. The van der Waals surface area contributed by atoms with Crippen LogP contribution >= 0.6 is 0 Å². The molecule has 4 nitrogen and oxygen atoms in total. The lowest BCUT2D eigenvalue weighted by Gasteiger charge is -2.41. The van der Waals surface area contributed by atoms with E-state index in [9.17, 15) is 4.79 Å². The summed E-state index contributed by atoms with van der Waals surface area (Å²) in [5.74, 6) is 1.11. The van der Waals surface area contributed by atoms with E-state index >= 15 is 0 Å². The number of nitrogens with zero attached hydrogens (tertiary/aromatic N) is 2. The van der Waals surface area contributed by atoms with Crippen molar-refractivity contribution >= 4 is 5.91 Å². The number of nitrogens with two attached hydrogens (primary N) is 1. The van der Waals surface area contributed by atoms with Gasteiger partial charge < -0.3 is 10.6 Å². The number of hydrogen-bond donors (Lipinski definition) is 1. The zero-order valence-corrected chi connectivity index (χ0v) is 14.1. The fourth-order valence-corrected chi connectivity index (χ4v) is 3.98. The highest BCUT2D eigenvalue weighted by atomic mass is 16.2. The molecule has 0 aromatic heterocycles. The normalized spacial score (nSPS) is 34.7. The summed E-state index contributed by atoms with van der Waals surface area (Å²) in [6.45, 7) is 5.77. The molecule has 21 heavy (non-hydrogen) atoms. The van der Waals surface area contributed by atoms with E-state index in [0.717, 1.165) is 12.3 Å². The summed E-state index contributed by atoms with van der Waals surface area (Å²) in [7, 11) is 2.00. The van der Waals surface area contributed by atoms with E-state index in [-0.39, 0.29) is 5.91 Å². The molecular weight excluding hydrogens is 262 g/mol. The zero-order valence-electron chi connectivity index (χ0n) is 14.1. The van der Waals surface area contributed by atoms with Gasteiger partial charge in [-0.1, -0.05) is 13.3 Å². The van der Waals surface area contributed by atoms with Gasteiger partial charge in [-0.15, -0.1) is 0 Å². The van der Waals surface area contributed by atoms with Crippen LogP contribution in [0.4, 0.5) is 0 Å². The maximum absolute atomic E-state index is 12.6. The van der Waals surface area contributed by atoms with E-state index in [1.165, 1.54) is 38.5 Å². The number of rotatable bonds is 4. The molecule has 1 saturated carbocycles. The van der Waals surface area contributed by atoms with Crippen LogP contribution in [0.25, 0.3) is 0 Å². The number of likely N-dealkylation sites (tertiary alicyclic amines) is 1. The van der Waals surface area contributed by atoms with Gasteiger partial charge in [0, 0.05) is 31.7 Å². The van der Waals surface area contributed by atoms with Crippen molar-refractivity contribution in [3.8, 4) is 0 Å². The number of carbonyl (C=O) groups excluding carboxylic acids is 1. The molecule has 1 heterocycles. The quantitative estimate of drug-likeness (QED) is 0.865. The number of likely N-dealkylation sites (N-methyl/N-ethyl adjacent to an activating group) is 1. The number of piperidine rings is 1. The van der Waals surface area contributed by atoms with Crippen LogP contribution in [-0.4, -0.2) is 54.0 Å². The molecule has 0 bridgehead atoms. The Morgan fingerprint density at radius 3 is 2.43 bits per heavy atom. The summed E-state index contributed by atoms with van der Waals surface area (Å²) in [5.41, 5.74) is 5.90. The standard InChI is InChI=1S/C17H33N3O/c1-13-7-9-15(10-8-13)19(3)17(21)12-20-14(2)5-4-6-16(20)11-18/h13-16H,4-12,18H2,1-3H3. The minimum absolute atomic E-state index is 0.279. The number of hydrogen-bond acceptors (Lipinski definition) is 3. The minimum atomic E-state index is 0.279. The summed E-state index contributed by atoms with van der Waals surface area (Å²) in [6, 6.07) is 1.32. The zero-order chi connectivity index (χ0) is 15.4. The molecule has 4 heteroatoms. The van der Waals surface area contributed by atoms with Crippen molar-refractivity contribution in [3.05, 3.63) is 0 Å². The summed E-state index contributed by atoms with van der Waals surface area (Å²) in [4.78, 5) is 17.0. The third-order valence-electron chi connectivity index (χ3n) is 5.71. The first-order valence-electron chi connectivity index (χ1n) is 8.74. The third-order valence-corrected chi connectivity index (χ3v) is 5.71. The molecule has 2 rings (SSSR count). The van der Waals surface area contributed by atoms with Crippen LogP contribution in [0.5, 0.6) is 0 Å². The monoisotopic (exact) mass is 295 g/mol. The van der Waals surface area contributed by atoms with Gasteiger partial charge in [0.15, 0.2) is 0 Å². The van der Waals surface area contributed by atoms with Gasteiger partial charge in [0.05, 0.1) is 6.54 Å². The van der Waals surface area contributed by atoms with Gasteiger partial charge in [0.2, 0.25) is 5.91 Å². The van der Waals surface area contributed by atoms with Crippen molar-refractivity contribution in [1.82, 2.24) is 9.80 Å². The van der Waals surface area contributed by atoms with Crippen LogP contribution in [-0.2, 0) is 4.79 Å². The summed E-state index contributed by atoms with van der Waals surface area (Å²) in [5, 5.41) is 0. The van der Waals surface area contributed by atoms with Gasteiger partial charge >= 0.3 is 0 Å². The maximum atomic E-state index is 12.6. The Hall–Kier alpha value is -0.610. The topological polar surface area (TPSA) is 49.6 Å². The van der Waals surface area contributed by atoms with E-state index < -0.39 is 0 Å². The molecule has 1 saturated heterocycles. The van der Waals surface area contributed by atoms with Crippen LogP contribution in [0.3, 0.4) is 0 Å². The van der Waals surface area contributed by atoms with E-state index in [2.05, 4.69) is 18.7 Å². The molecule has 2 N–H and O–H groups in total. The van der Waals surface area contributed by atoms with E-state index in [4.69, 9.17) is 5.73 Å². The van der Waals surface area contributed by atoms with Crippen molar-refractivity contribution < 1.29 is 4.79 Å². The van der Waals surface area contributed by atoms with Crippen molar-refractivity contribution in [1.29, 1.82) is 0 Å². The Bertz CT molecular complexity index is 339. The van der Waals surface area contributed by atoms with Gasteiger partial charge in [0.25, 0.3) is 0 Å². The first-order chi connectivity index (χ1) is 10.0. The van der Waals surface area contributed by atoms with Crippen LogP contribution in [0.2, 0.25) is 0 Å². The highest BCUT2D eigenvalue weighted by molar-refractivity contribution is 5.78. The average Bonchev–Trinajstić information content (AvgIpc) is 2.49. The van der Waals surface area contributed by atoms with Gasteiger partial charge in [-0.2, -0.15) is 0 Å².